The van der Waals surface area contributed by atoms with E-state index >= 15 is 0 Å². The van der Waals surface area contributed by atoms with E-state index < -0.39 is 8.30 Å². The molecule has 2 nitrogen and oxygen atoms in total. The van der Waals surface area contributed by atoms with Crippen molar-refractivity contribution >= 4 is 29.8 Å². The van der Waals surface area contributed by atoms with Crippen LogP contribution in [0.1, 0.15) is 13.8 Å². The molecule has 32 heavy (non-hydrogen) atoms. The molecule has 0 aromatic heterocycles. The molecule has 158 valence electrons. The first-order chi connectivity index (χ1) is 15.8. The zero-order valence-corrected chi connectivity index (χ0v) is 19.3. The number of benzene rings is 4. The van der Waals surface area contributed by atoms with Crippen molar-refractivity contribution in [3.8, 4) is 16.9 Å². The van der Waals surface area contributed by atoms with Crippen molar-refractivity contribution in [2.75, 3.05) is 13.1 Å². The number of hydrogen-bond acceptors (Lipinski definition) is 2. The molecule has 0 aliphatic heterocycles. The third-order valence-electron chi connectivity index (χ3n) is 5.91. The van der Waals surface area contributed by atoms with Gasteiger partial charge in [0.1, 0.15) is 5.75 Å². The van der Waals surface area contributed by atoms with Crippen LogP contribution in [0.25, 0.3) is 32.7 Å². The van der Waals surface area contributed by atoms with Gasteiger partial charge in [0.2, 0.25) is 8.30 Å². The van der Waals surface area contributed by atoms with E-state index in [-0.39, 0.29) is 0 Å². The Morgan fingerprint density at radius 3 is 2.19 bits per heavy atom. The van der Waals surface area contributed by atoms with Crippen LogP contribution in [0.5, 0.6) is 5.75 Å². The molecular weight excluding hydrogens is 409 g/mol. The zero-order chi connectivity index (χ0) is 21.9. The molecule has 0 fully saturated rings. The van der Waals surface area contributed by atoms with Gasteiger partial charge in [0.25, 0.3) is 0 Å². The minimum Gasteiger partial charge on any atom is -0.452 e. The normalized spacial score (nSPS) is 13.8. The first-order valence-corrected chi connectivity index (χ1v) is 12.4. The Kier molecular flexibility index (Phi) is 5.93. The van der Waals surface area contributed by atoms with Crippen molar-refractivity contribution in [3.05, 3.63) is 108 Å². The highest BCUT2D eigenvalue weighted by Crippen LogP contribution is 2.53. The van der Waals surface area contributed by atoms with E-state index in [1.165, 1.54) is 27.1 Å². The smallest absolute Gasteiger partial charge is 0.205 e. The van der Waals surface area contributed by atoms with Crippen LogP contribution < -0.4 is 4.52 Å². The molecule has 3 heteroatoms. The molecule has 0 saturated heterocycles. The second kappa shape index (κ2) is 9.15. The summed E-state index contributed by atoms with van der Waals surface area (Å²) in [6.07, 6.45) is 6.15. The van der Waals surface area contributed by atoms with Crippen molar-refractivity contribution in [1.82, 2.24) is 4.67 Å². The molecule has 4 aromatic carbocycles. The Morgan fingerprint density at radius 2 is 1.47 bits per heavy atom. The second-order valence-electron chi connectivity index (χ2n) is 7.75. The van der Waals surface area contributed by atoms with E-state index in [1.807, 2.05) is 12.2 Å². The first-order valence-electron chi connectivity index (χ1n) is 11.2. The highest BCUT2D eigenvalue weighted by atomic mass is 31.2. The lowest BCUT2D eigenvalue weighted by Crippen LogP contribution is -2.20. The molecule has 0 radical (unpaired) electrons. The van der Waals surface area contributed by atoms with Gasteiger partial charge in [0, 0.05) is 18.7 Å². The molecule has 5 rings (SSSR count). The maximum Gasteiger partial charge on any atom is 0.205 e. The summed E-state index contributed by atoms with van der Waals surface area (Å²) >= 11 is 0. The topological polar surface area (TPSA) is 12.5 Å². The number of rotatable bonds is 7. The van der Waals surface area contributed by atoms with Gasteiger partial charge in [0.15, 0.2) is 0 Å². The van der Waals surface area contributed by atoms with Crippen LogP contribution in [0.4, 0.5) is 0 Å². The van der Waals surface area contributed by atoms with E-state index in [9.17, 15) is 0 Å². The number of hydrogen-bond donors (Lipinski definition) is 0. The fourth-order valence-electron chi connectivity index (χ4n) is 4.32. The molecule has 1 atom stereocenters. The molecule has 0 amide bonds. The molecule has 1 aliphatic carbocycles. The summed E-state index contributed by atoms with van der Waals surface area (Å²) in [7, 11) is -0.986. The van der Waals surface area contributed by atoms with Crippen molar-refractivity contribution in [2.45, 2.75) is 13.8 Å². The van der Waals surface area contributed by atoms with Gasteiger partial charge in [-0.15, -0.1) is 5.73 Å². The predicted octanol–water partition coefficient (Wildman–Crippen LogP) is 8.30. The van der Waals surface area contributed by atoms with Gasteiger partial charge in [-0.2, -0.15) is 0 Å². The van der Waals surface area contributed by atoms with Gasteiger partial charge in [-0.05, 0) is 45.3 Å². The molecule has 4 aromatic rings. The van der Waals surface area contributed by atoms with Crippen molar-refractivity contribution < 1.29 is 4.52 Å². The summed E-state index contributed by atoms with van der Waals surface area (Å²) in [5.74, 6) is 0.924. The fourth-order valence-corrected chi connectivity index (χ4v) is 6.09. The average molecular weight is 436 g/mol. The molecule has 1 aliphatic rings. The van der Waals surface area contributed by atoms with E-state index in [0.717, 1.165) is 29.7 Å². The molecule has 1 unspecified atom stereocenters. The molecule has 0 spiro atoms. The number of fused-ring (bicyclic) bond motifs is 2. The Bertz CT molecular complexity index is 1370. The standard InChI is InChI=1S/C29H26NOP/c1-3-30(4-2)32(24-15-7-8-16-24)31-28-21-20-23-13-6-10-18-26(23)29(28)27-19-11-14-22-12-5-9-17-25(22)27/h5-15,17-21H,3-4H2,1-2H3. The Balaban J connectivity index is 1.74. The number of allylic oxidation sites excluding steroid dienone is 3. The van der Waals surface area contributed by atoms with Crippen molar-refractivity contribution in [2.24, 2.45) is 0 Å². The average Bonchev–Trinajstić information content (AvgIpc) is 3.38. The van der Waals surface area contributed by atoms with E-state index in [1.54, 1.807) is 0 Å². The van der Waals surface area contributed by atoms with Crippen LogP contribution in [0, 0.1) is 0 Å². The monoisotopic (exact) mass is 435 g/mol. The van der Waals surface area contributed by atoms with Gasteiger partial charge >= 0.3 is 0 Å². The first kappa shape index (κ1) is 20.7. The predicted molar refractivity (Wildman–Crippen MR) is 138 cm³/mol. The van der Waals surface area contributed by atoms with E-state index in [4.69, 9.17) is 4.52 Å². The molecule has 0 heterocycles. The largest absolute Gasteiger partial charge is 0.452 e. The van der Waals surface area contributed by atoms with Crippen LogP contribution in [0.15, 0.2) is 108 Å². The van der Waals surface area contributed by atoms with Crippen molar-refractivity contribution in [3.63, 3.8) is 0 Å². The van der Waals surface area contributed by atoms with Gasteiger partial charge in [-0.25, -0.2) is 4.67 Å². The Labute approximate surface area is 191 Å². The third-order valence-corrected chi connectivity index (χ3v) is 8.05. The van der Waals surface area contributed by atoms with Crippen LogP contribution in [-0.2, 0) is 0 Å². The summed E-state index contributed by atoms with van der Waals surface area (Å²) in [5, 5.41) is 6.03. The Hall–Kier alpha value is -3.15. The highest BCUT2D eigenvalue weighted by molar-refractivity contribution is 7.55. The highest BCUT2D eigenvalue weighted by Gasteiger charge is 2.25. The lowest BCUT2D eigenvalue weighted by molar-refractivity contribution is 0.452. The maximum atomic E-state index is 6.90. The van der Waals surface area contributed by atoms with Gasteiger partial charge in [-0.1, -0.05) is 92.7 Å². The summed E-state index contributed by atoms with van der Waals surface area (Å²) in [4.78, 5) is 0. The van der Waals surface area contributed by atoms with E-state index in [2.05, 4.69) is 109 Å². The quantitative estimate of drug-likeness (QED) is 0.214. The fraction of sp³-hybridized carbons (Fsp3) is 0.138. The van der Waals surface area contributed by atoms with Crippen LogP contribution in [-0.4, -0.2) is 17.8 Å². The van der Waals surface area contributed by atoms with Crippen LogP contribution >= 0.6 is 8.30 Å². The molecule has 0 saturated carbocycles. The molecular formula is C29H26NOP. The van der Waals surface area contributed by atoms with Gasteiger partial charge in [-0.3, -0.25) is 0 Å². The minimum atomic E-state index is -0.986. The zero-order valence-electron chi connectivity index (χ0n) is 18.5. The summed E-state index contributed by atoms with van der Waals surface area (Å²) in [6, 6.07) is 28.0. The number of nitrogens with zero attached hydrogens (tertiary/aromatic N) is 1. The van der Waals surface area contributed by atoms with Gasteiger partial charge < -0.3 is 4.52 Å². The van der Waals surface area contributed by atoms with Gasteiger partial charge in [0.05, 0.1) is 5.31 Å². The van der Waals surface area contributed by atoms with Crippen molar-refractivity contribution in [1.29, 1.82) is 0 Å². The van der Waals surface area contributed by atoms with Crippen LogP contribution in [0.3, 0.4) is 0 Å². The third kappa shape index (κ3) is 3.78. The van der Waals surface area contributed by atoms with E-state index in [0.29, 0.717) is 0 Å². The second-order valence-corrected chi connectivity index (χ2v) is 9.52. The summed E-state index contributed by atoms with van der Waals surface area (Å²) < 4.78 is 9.30. The lowest BCUT2D eigenvalue weighted by atomic mass is 9.93. The maximum absolute atomic E-state index is 6.90. The summed E-state index contributed by atoms with van der Waals surface area (Å²) in [6.45, 7) is 6.24. The van der Waals surface area contributed by atoms with Crippen LogP contribution in [0.2, 0.25) is 0 Å². The Morgan fingerprint density at radius 1 is 0.781 bits per heavy atom. The molecule has 0 N–H and O–H groups in total. The summed E-state index contributed by atoms with van der Waals surface area (Å²) in [5.41, 5.74) is 5.76. The SMILES string of the molecule is CCN(CC)P(Oc1ccc2ccccc2c1-c1cccc2ccccc12)C1=C=CC=C1. The molecule has 0 bridgehead atoms. The lowest BCUT2D eigenvalue weighted by Gasteiger charge is -2.29. The minimum absolute atomic E-state index is 0.924.